The molecule has 4 aromatic rings. The number of aromatic nitrogens is 2. The highest BCUT2D eigenvalue weighted by atomic mass is 32.1. The zero-order valence-corrected chi connectivity index (χ0v) is 11.4. The number of hydrogen-bond acceptors (Lipinski definition) is 2. The minimum atomic E-state index is -0.199. The van der Waals surface area contributed by atoms with Crippen molar-refractivity contribution >= 4 is 32.5 Å². The molecule has 4 heteroatoms. The van der Waals surface area contributed by atoms with Crippen LogP contribution in [0.2, 0.25) is 0 Å². The minimum Gasteiger partial charge on any atom is -0.341 e. The van der Waals surface area contributed by atoms with Gasteiger partial charge in [-0.2, -0.15) is 0 Å². The smallest absolute Gasteiger partial charge is 0.123 e. The van der Waals surface area contributed by atoms with E-state index in [1.54, 1.807) is 17.4 Å². The summed E-state index contributed by atoms with van der Waals surface area (Å²) < 4.78 is 16.5. The summed E-state index contributed by atoms with van der Waals surface area (Å²) in [5.74, 6) is -0.199. The standard InChI is InChI=1S/C16H11FN2S/c17-12-5-6-14-11(9-12)7-8-19(14)10-16-18-13-3-1-2-4-15(13)20-16/h1-9H,10H2. The van der Waals surface area contributed by atoms with Crippen molar-refractivity contribution in [2.24, 2.45) is 0 Å². The molecular weight excluding hydrogens is 271 g/mol. The number of fused-ring (bicyclic) bond motifs is 2. The molecular formula is C16H11FN2S. The van der Waals surface area contributed by atoms with Gasteiger partial charge in [0.15, 0.2) is 0 Å². The van der Waals surface area contributed by atoms with Crippen molar-refractivity contribution in [3.8, 4) is 0 Å². The van der Waals surface area contributed by atoms with Crippen molar-refractivity contribution < 1.29 is 4.39 Å². The topological polar surface area (TPSA) is 17.8 Å². The average Bonchev–Trinajstić information content (AvgIpc) is 3.02. The average molecular weight is 282 g/mol. The van der Waals surface area contributed by atoms with Crippen LogP contribution in [0.25, 0.3) is 21.1 Å². The largest absolute Gasteiger partial charge is 0.341 e. The summed E-state index contributed by atoms with van der Waals surface area (Å²) in [6.45, 7) is 0.717. The van der Waals surface area contributed by atoms with Crippen LogP contribution in [0.4, 0.5) is 4.39 Å². The molecule has 98 valence electrons. The zero-order chi connectivity index (χ0) is 13.5. The molecule has 0 saturated heterocycles. The van der Waals surface area contributed by atoms with Crippen LogP contribution in [-0.4, -0.2) is 9.55 Å². The monoisotopic (exact) mass is 282 g/mol. The fraction of sp³-hybridized carbons (Fsp3) is 0.0625. The lowest BCUT2D eigenvalue weighted by Crippen LogP contribution is -1.96. The van der Waals surface area contributed by atoms with Crippen LogP contribution in [0, 0.1) is 5.82 Å². The van der Waals surface area contributed by atoms with E-state index in [4.69, 9.17) is 0 Å². The molecule has 0 unspecified atom stereocenters. The fourth-order valence-corrected chi connectivity index (χ4v) is 3.41. The Bertz CT molecular complexity index is 874. The number of nitrogens with zero attached hydrogens (tertiary/aromatic N) is 2. The number of halogens is 1. The summed E-state index contributed by atoms with van der Waals surface area (Å²) in [7, 11) is 0. The maximum atomic E-state index is 13.2. The van der Waals surface area contributed by atoms with Gasteiger partial charge in [0.25, 0.3) is 0 Å². The molecule has 0 aliphatic heterocycles. The van der Waals surface area contributed by atoms with Crippen LogP contribution < -0.4 is 0 Å². The number of hydrogen-bond donors (Lipinski definition) is 0. The highest BCUT2D eigenvalue weighted by molar-refractivity contribution is 7.18. The molecule has 0 amide bonds. The summed E-state index contributed by atoms with van der Waals surface area (Å²) in [6, 6.07) is 14.9. The normalized spacial score (nSPS) is 11.4. The van der Waals surface area contributed by atoms with Gasteiger partial charge in [-0.3, -0.25) is 0 Å². The Kier molecular flexibility index (Phi) is 2.57. The third-order valence-corrected chi connectivity index (χ3v) is 4.40. The van der Waals surface area contributed by atoms with Crippen LogP contribution in [0.5, 0.6) is 0 Å². The van der Waals surface area contributed by atoms with Crippen molar-refractivity contribution in [1.82, 2.24) is 9.55 Å². The first-order valence-electron chi connectivity index (χ1n) is 6.38. The highest BCUT2D eigenvalue weighted by Crippen LogP contribution is 2.24. The number of rotatable bonds is 2. The third kappa shape index (κ3) is 1.89. The summed E-state index contributed by atoms with van der Waals surface area (Å²) in [4.78, 5) is 4.64. The van der Waals surface area contributed by atoms with E-state index in [-0.39, 0.29) is 5.82 Å². The fourth-order valence-electron chi connectivity index (χ4n) is 2.44. The first-order valence-corrected chi connectivity index (χ1v) is 7.20. The van der Waals surface area contributed by atoms with Crippen LogP contribution in [0.1, 0.15) is 5.01 Å². The van der Waals surface area contributed by atoms with Gasteiger partial charge in [-0.05, 0) is 36.4 Å². The van der Waals surface area contributed by atoms with Gasteiger partial charge >= 0.3 is 0 Å². The van der Waals surface area contributed by atoms with Gasteiger partial charge in [0.2, 0.25) is 0 Å². The Labute approximate surface area is 119 Å². The van der Waals surface area contributed by atoms with Crippen LogP contribution in [0.3, 0.4) is 0 Å². The predicted octanol–water partition coefficient (Wildman–Crippen LogP) is 4.44. The molecule has 2 nitrogen and oxygen atoms in total. The van der Waals surface area contributed by atoms with Crippen molar-refractivity contribution in [1.29, 1.82) is 0 Å². The Balaban J connectivity index is 1.76. The highest BCUT2D eigenvalue weighted by Gasteiger charge is 2.07. The first-order chi connectivity index (χ1) is 9.79. The molecule has 2 heterocycles. The molecule has 0 bridgehead atoms. The SMILES string of the molecule is Fc1ccc2c(ccn2Cc2nc3ccccc3s2)c1. The molecule has 0 fully saturated rings. The molecule has 4 rings (SSSR count). The zero-order valence-electron chi connectivity index (χ0n) is 10.6. The van der Waals surface area contributed by atoms with E-state index in [9.17, 15) is 4.39 Å². The summed E-state index contributed by atoms with van der Waals surface area (Å²) >= 11 is 1.70. The first kappa shape index (κ1) is 11.6. The predicted molar refractivity (Wildman–Crippen MR) is 80.6 cm³/mol. The van der Waals surface area contributed by atoms with Crippen LogP contribution in [-0.2, 0) is 6.54 Å². The lowest BCUT2D eigenvalue weighted by atomic mass is 10.2. The Morgan fingerprint density at radius 2 is 2.00 bits per heavy atom. The maximum absolute atomic E-state index is 13.2. The molecule has 0 N–H and O–H groups in total. The second-order valence-corrected chi connectivity index (χ2v) is 5.84. The molecule has 0 radical (unpaired) electrons. The molecule has 0 spiro atoms. The molecule has 20 heavy (non-hydrogen) atoms. The number of para-hydroxylation sites is 1. The molecule has 2 aromatic carbocycles. The van der Waals surface area contributed by atoms with E-state index in [0.717, 1.165) is 21.4 Å². The van der Waals surface area contributed by atoms with Gasteiger partial charge in [-0.1, -0.05) is 12.1 Å². The van der Waals surface area contributed by atoms with Crippen LogP contribution in [0.15, 0.2) is 54.7 Å². The van der Waals surface area contributed by atoms with Gasteiger partial charge in [-0.25, -0.2) is 9.37 Å². The lowest BCUT2D eigenvalue weighted by Gasteiger charge is -2.02. The van der Waals surface area contributed by atoms with Crippen molar-refractivity contribution in [3.05, 3.63) is 65.6 Å². The Hall–Kier alpha value is -2.20. The lowest BCUT2D eigenvalue weighted by molar-refractivity contribution is 0.629. The summed E-state index contributed by atoms with van der Waals surface area (Å²) in [6.07, 6.45) is 1.98. The Morgan fingerprint density at radius 1 is 1.10 bits per heavy atom. The Morgan fingerprint density at radius 3 is 2.90 bits per heavy atom. The van der Waals surface area contributed by atoms with Gasteiger partial charge < -0.3 is 4.57 Å². The van der Waals surface area contributed by atoms with Gasteiger partial charge in [-0.15, -0.1) is 11.3 Å². The van der Waals surface area contributed by atoms with E-state index < -0.39 is 0 Å². The van der Waals surface area contributed by atoms with Crippen molar-refractivity contribution in [3.63, 3.8) is 0 Å². The number of thiazole rings is 1. The summed E-state index contributed by atoms with van der Waals surface area (Å²) in [5.41, 5.74) is 2.07. The van der Waals surface area contributed by atoms with E-state index in [2.05, 4.69) is 15.6 Å². The van der Waals surface area contributed by atoms with E-state index in [1.807, 2.05) is 36.5 Å². The van der Waals surface area contributed by atoms with Gasteiger partial charge in [0, 0.05) is 17.1 Å². The molecule has 0 aliphatic rings. The molecule has 0 aliphatic carbocycles. The molecule has 0 saturated carbocycles. The second kappa shape index (κ2) is 4.42. The molecule has 2 aromatic heterocycles. The minimum absolute atomic E-state index is 0.199. The van der Waals surface area contributed by atoms with Crippen LogP contribution >= 0.6 is 11.3 Å². The van der Waals surface area contributed by atoms with Crippen molar-refractivity contribution in [2.75, 3.05) is 0 Å². The third-order valence-electron chi connectivity index (χ3n) is 3.38. The van der Waals surface area contributed by atoms with E-state index in [1.165, 1.54) is 10.8 Å². The second-order valence-electron chi connectivity index (χ2n) is 4.72. The van der Waals surface area contributed by atoms with Gasteiger partial charge in [0.05, 0.1) is 16.8 Å². The maximum Gasteiger partial charge on any atom is 0.123 e. The number of benzene rings is 2. The quantitative estimate of drug-likeness (QED) is 0.531. The van der Waals surface area contributed by atoms with Gasteiger partial charge in [0.1, 0.15) is 10.8 Å². The van der Waals surface area contributed by atoms with E-state index in [0.29, 0.717) is 6.54 Å². The summed E-state index contributed by atoms with van der Waals surface area (Å²) in [5, 5.41) is 1.99. The molecule has 0 atom stereocenters. The van der Waals surface area contributed by atoms with Crippen molar-refractivity contribution in [2.45, 2.75) is 6.54 Å². The van der Waals surface area contributed by atoms with E-state index >= 15 is 0 Å².